The third kappa shape index (κ3) is 1.82. The van der Waals surface area contributed by atoms with Crippen molar-refractivity contribution in [2.45, 2.75) is 44.4 Å². The molecule has 1 saturated heterocycles. The maximum absolute atomic E-state index is 10.4. The van der Waals surface area contributed by atoms with Crippen LogP contribution >= 0.6 is 0 Å². The number of likely N-dealkylation sites (tertiary alicyclic amines) is 1. The van der Waals surface area contributed by atoms with Gasteiger partial charge in [-0.1, -0.05) is 11.6 Å². The first-order chi connectivity index (χ1) is 8.49. The molecule has 1 spiro atoms. The lowest BCUT2D eigenvalue weighted by Gasteiger charge is -2.38. The number of aliphatic hydroxyl groups excluding tert-OH is 1. The molecule has 1 fully saturated rings. The Labute approximate surface area is 108 Å². The highest BCUT2D eigenvalue weighted by Gasteiger charge is 2.47. The summed E-state index contributed by atoms with van der Waals surface area (Å²) in [6.45, 7) is 5.16. The molecular formula is C15H21NO2. The number of benzene rings is 1. The van der Waals surface area contributed by atoms with Crippen molar-refractivity contribution in [2.75, 3.05) is 13.6 Å². The number of likely N-dealkylation sites (N-methyl/N-ethyl adjacent to an activating group) is 1. The highest BCUT2D eigenvalue weighted by Crippen LogP contribution is 2.45. The van der Waals surface area contributed by atoms with Crippen molar-refractivity contribution >= 4 is 0 Å². The van der Waals surface area contributed by atoms with Crippen LogP contribution in [0, 0.1) is 6.92 Å². The molecule has 1 aromatic carbocycles. The SMILES string of the molecule is Cc1ccc2c(c1)[C@@H](O)CC1(CC(C)N(C)C1)O2. The van der Waals surface area contributed by atoms with E-state index in [1.165, 1.54) is 5.56 Å². The predicted molar refractivity (Wildman–Crippen MR) is 70.8 cm³/mol. The van der Waals surface area contributed by atoms with Crippen molar-refractivity contribution in [3.05, 3.63) is 29.3 Å². The molecular weight excluding hydrogens is 226 g/mol. The minimum atomic E-state index is -0.396. The lowest BCUT2D eigenvalue weighted by Crippen LogP contribution is -2.43. The highest BCUT2D eigenvalue weighted by molar-refractivity contribution is 5.41. The zero-order chi connectivity index (χ0) is 12.9. The second kappa shape index (κ2) is 3.97. The number of aryl methyl sites for hydroxylation is 1. The standard InChI is InChI=1S/C15H21NO2/c1-10-4-5-14-12(6-10)13(17)8-15(18-14)7-11(2)16(3)9-15/h4-6,11,13,17H,7-9H2,1-3H3/t11?,13-,15?/m0/s1. The Bertz CT molecular complexity index is 462. The molecule has 2 aliphatic rings. The van der Waals surface area contributed by atoms with Crippen LogP contribution in [0.15, 0.2) is 18.2 Å². The zero-order valence-electron chi connectivity index (χ0n) is 11.3. The quantitative estimate of drug-likeness (QED) is 0.763. The Hall–Kier alpha value is -1.06. The lowest BCUT2D eigenvalue weighted by atomic mass is 9.86. The molecule has 18 heavy (non-hydrogen) atoms. The number of hydrogen-bond acceptors (Lipinski definition) is 3. The van der Waals surface area contributed by atoms with Crippen LogP contribution < -0.4 is 4.74 Å². The first kappa shape index (κ1) is 12.0. The summed E-state index contributed by atoms with van der Waals surface area (Å²) < 4.78 is 6.24. The predicted octanol–water partition coefficient (Wildman–Crippen LogP) is 2.27. The van der Waals surface area contributed by atoms with Crippen molar-refractivity contribution in [1.82, 2.24) is 4.90 Å². The second-order valence-electron chi connectivity index (χ2n) is 6.01. The molecule has 3 atom stereocenters. The van der Waals surface area contributed by atoms with Gasteiger partial charge < -0.3 is 9.84 Å². The van der Waals surface area contributed by atoms with Gasteiger partial charge in [0, 0.05) is 31.0 Å². The fourth-order valence-corrected chi connectivity index (χ4v) is 3.35. The minimum Gasteiger partial charge on any atom is -0.485 e. The normalized spacial score (nSPS) is 35.6. The average Bonchev–Trinajstić information content (AvgIpc) is 2.55. The maximum atomic E-state index is 10.4. The largest absolute Gasteiger partial charge is 0.485 e. The fourth-order valence-electron chi connectivity index (χ4n) is 3.35. The van der Waals surface area contributed by atoms with E-state index < -0.39 is 6.10 Å². The number of rotatable bonds is 0. The van der Waals surface area contributed by atoms with E-state index in [1.54, 1.807) is 0 Å². The molecule has 3 heteroatoms. The van der Waals surface area contributed by atoms with Gasteiger partial charge in [0.15, 0.2) is 0 Å². The molecule has 2 unspecified atom stereocenters. The first-order valence-electron chi connectivity index (χ1n) is 6.67. The van der Waals surface area contributed by atoms with Gasteiger partial charge in [0.05, 0.1) is 6.10 Å². The van der Waals surface area contributed by atoms with Gasteiger partial charge in [-0.05, 0) is 33.0 Å². The second-order valence-corrected chi connectivity index (χ2v) is 6.01. The van der Waals surface area contributed by atoms with Crippen LogP contribution in [0.4, 0.5) is 0 Å². The molecule has 0 radical (unpaired) electrons. The number of hydrogen-bond donors (Lipinski definition) is 1. The molecule has 0 saturated carbocycles. The Balaban J connectivity index is 1.95. The average molecular weight is 247 g/mol. The first-order valence-corrected chi connectivity index (χ1v) is 6.67. The van der Waals surface area contributed by atoms with Crippen molar-refractivity contribution in [3.63, 3.8) is 0 Å². The van der Waals surface area contributed by atoms with Crippen molar-refractivity contribution in [1.29, 1.82) is 0 Å². The van der Waals surface area contributed by atoms with Crippen LogP contribution in [0.2, 0.25) is 0 Å². The molecule has 1 N–H and O–H groups in total. The van der Waals surface area contributed by atoms with E-state index in [2.05, 4.69) is 18.9 Å². The van der Waals surface area contributed by atoms with Crippen LogP contribution in [-0.4, -0.2) is 35.2 Å². The van der Waals surface area contributed by atoms with Crippen LogP contribution in [-0.2, 0) is 0 Å². The Kier molecular flexibility index (Phi) is 2.65. The van der Waals surface area contributed by atoms with Gasteiger partial charge >= 0.3 is 0 Å². The van der Waals surface area contributed by atoms with Gasteiger partial charge in [0.2, 0.25) is 0 Å². The van der Waals surface area contributed by atoms with E-state index in [0.717, 1.165) is 24.3 Å². The van der Waals surface area contributed by atoms with Crippen molar-refractivity contribution < 1.29 is 9.84 Å². The molecule has 3 rings (SSSR count). The summed E-state index contributed by atoms with van der Waals surface area (Å²) in [5.74, 6) is 0.863. The summed E-state index contributed by atoms with van der Waals surface area (Å²) in [6.07, 6.45) is 1.30. The topological polar surface area (TPSA) is 32.7 Å². The molecule has 3 nitrogen and oxygen atoms in total. The molecule has 98 valence electrons. The minimum absolute atomic E-state index is 0.199. The van der Waals surface area contributed by atoms with E-state index in [0.29, 0.717) is 12.5 Å². The molecule has 2 aliphatic heterocycles. The van der Waals surface area contributed by atoms with E-state index >= 15 is 0 Å². The van der Waals surface area contributed by atoms with Crippen molar-refractivity contribution in [3.8, 4) is 5.75 Å². The van der Waals surface area contributed by atoms with Gasteiger partial charge in [-0.2, -0.15) is 0 Å². The Morgan fingerprint density at radius 3 is 2.83 bits per heavy atom. The van der Waals surface area contributed by atoms with Gasteiger partial charge in [-0.15, -0.1) is 0 Å². The zero-order valence-corrected chi connectivity index (χ0v) is 11.3. The number of aliphatic hydroxyl groups is 1. The summed E-state index contributed by atoms with van der Waals surface area (Å²) >= 11 is 0. The monoisotopic (exact) mass is 247 g/mol. The maximum Gasteiger partial charge on any atom is 0.126 e. The molecule has 0 amide bonds. The van der Waals surface area contributed by atoms with E-state index in [9.17, 15) is 5.11 Å². The van der Waals surface area contributed by atoms with E-state index in [-0.39, 0.29) is 5.60 Å². The van der Waals surface area contributed by atoms with Crippen LogP contribution in [0.5, 0.6) is 5.75 Å². The Morgan fingerprint density at radius 1 is 1.39 bits per heavy atom. The number of fused-ring (bicyclic) bond motifs is 1. The van der Waals surface area contributed by atoms with E-state index in [4.69, 9.17) is 4.74 Å². The third-order valence-corrected chi connectivity index (χ3v) is 4.37. The van der Waals surface area contributed by atoms with Crippen LogP contribution in [0.25, 0.3) is 0 Å². The van der Waals surface area contributed by atoms with E-state index in [1.807, 2.05) is 25.1 Å². The van der Waals surface area contributed by atoms with Gasteiger partial charge in [0.1, 0.15) is 11.4 Å². The highest BCUT2D eigenvalue weighted by atomic mass is 16.5. The number of ether oxygens (including phenoxy) is 1. The molecule has 0 bridgehead atoms. The van der Waals surface area contributed by atoms with Crippen LogP contribution in [0.3, 0.4) is 0 Å². The molecule has 0 aliphatic carbocycles. The summed E-state index contributed by atoms with van der Waals surface area (Å²) in [4.78, 5) is 2.31. The van der Waals surface area contributed by atoms with Crippen molar-refractivity contribution in [2.24, 2.45) is 0 Å². The summed E-state index contributed by atoms with van der Waals surface area (Å²) in [7, 11) is 2.12. The summed E-state index contributed by atoms with van der Waals surface area (Å²) in [6, 6.07) is 6.60. The van der Waals surface area contributed by atoms with Gasteiger partial charge in [0.25, 0.3) is 0 Å². The summed E-state index contributed by atoms with van der Waals surface area (Å²) in [5, 5.41) is 10.4. The number of nitrogens with zero attached hydrogens (tertiary/aromatic N) is 1. The molecule has 2 heterocycles. The van der Waals surface area contributed by atoms with Crippen LogP contribution in [0.1, 0.15) is 37.0 Å². The van der Waals surface area contributed by atoms with Gasteiger partial charge in [-0.25, -0.2) is 0 Å². The third-order valence-electron chi connectivity index (χ3n) is 4.37. The fraction of sp³-hybridized carbons (Fsp3) is 0.600. The van der Waals surface area contributed by atoms with Gasteiger partial charge in [-0.3, -0.25) is 4.90 Å². The Morgan fingerprint density at radius 2 is 2.17 bits per heavy atom. The smallest absolute Gasteiger partial charge is 0.126 e. The molecule has 0 aromatic heterocycles. The summed E-state index contributed by atoms with van der Waals surface area (Å²) in [5.41, 5.74) is 1.92. The molecule has 1 aromatic rings. The lowest BCUT2D eigenvalue weighted by molar-refractivity contribution is -0.00612.